The molecule has 14 rings (SSSR count). The lowest BCUT2D eigenvalue weighted by atomic mass is 9.91. The fraction of sp³-hybridized carbons (Fsp3) is 0.125. The van der Waals surface area contributed by atoms with Crippen molar-refractivity contribution in [1.82, 2.24) is 14.5 Å². The van der Waals surface area contributed by atoms with Gasteiger partial charge in [0.15, 0.2) is 11.7 Å². The number of hydrogen-bond acceptors (Lipinski definition) is 12. The van der Waals surface area contributed by atoms with Crippen molar-refractivity contribution in [3.63, 3.8) is 0 Å². The average Bonchev–Trinajstić information content (AvgIpc) is 1.71. The fourth-order valence-corrected chi connectivity index (χ4v) is 14.6. The van der Waals surface area contributed by atoms with E-state index in [9.17, 15) is 8.42 Å². The van der Waals surface area contributed by atoms with Gasteiger partial charge >= 0.3 is 35.9 Å². The fourth-order valence-electron chi connectivity index (χ4n) is 11.6. The van der Waals surface area contributed by atoms with Crippen molar-refractivity contribution in [3.05, 3.63) is 226 Å². The van der Waals surface area contributed by atoms with Gasteiger partial charge < -0.3 is 14.5 Å². The largest absolute Gasteiger partial charge is 0.463 e. The highest BCUT2D eigenvalue weighted by atomic mass is 32.2. The Labute approximate surface area is 514 Å². The maximum Gasteiger partial charge on any atom is 0.442 e. The van der Waals surface area contributed by atoms with Crippen LogP contribution in [0.5, 0.6) is 11.5 Å². The molecule has 0 saturated carbocycles. The van der Waals surface area contributed by atoms with Gasteiger partial charge in [0.1, 0.15) is 17.0 Å². The van der Waals surface area contributed by atoms with Crippen molar-refractivity contribution in [2.75, 3.05) is 0 Å². The number of ether oxygens (including phenoxy) is 2. The SMILES string of the molecule is Cc1ccc(S(=O)(=O)c2cccc3c2C2=NC3=Nc3c4c(OC(c5ccccc5)(C(F)(F)F)C(F)(F)F)cccc4c4nc5c6c(S(=O)(=O)c7ccc(C)cc7)cccc6c([n+]-5on34)N=c3[nH]c(c4cccc(OC(c5ccccc5)(C(F)(F)F)C(F)(F)F)c34)=N2)cc1. The number of amidine groups is 2. The predicted molar refractivity (Wildman–Crippen MR) is 310 cm³/mol. The van der Waals surface area contributed by atoms with E-state index < -0.39 is 145 Å². The van der Waals surface area contributed by atoms with Crippen LogP contribution in [-0.2, 0) is 30.9 Å². The molecule has 4 aliphatic heterocycles. The summed E-state index contributed by atoms with van der Waals surface area (Å²) in [6.45, 7) is 3.37. The normalized spacial score (nSPS) is 14.2. The third-order valence-corrected chi connectivity index (χ3v) is 19.6. The summed E-state index contributed by atoms with van der Waals surface area (Å²) in [6.07, 6.45) is -25.1. The molecule has 0 radical (unpaired) electrons. The molecule has 8 aromatic carbocycles. The van der Waals surface area contributed by atoms with Crippen LogP contribution in [-0.4, -0.2) is 67.8 Å². The Bertz CT molecular complexity index is 5490. The lowest BCUT2D eigenvalue weighted by molar-refractivity contribution is -0.793. The zero-order chi connectivity index (χ0) is 65.7. The first-order chi connectivity index (χ1) is 44.0. The molecule has 0 saturated heterocycles. The van der Waals surface area contributed by atoms with Crippen molar-refractivity contribution in [2.45, 2.75) is 69.3 Å². The van der Waals surface area contributed by atoms with Gasteiger partial charge in [0.25, 0.3) is 17.3 Å². The molecule has 0 fully saturated rings. The first kappa shape index (κ1) is 60.2. The number of rotatable bonds is 10. The second kappa shape index (κ2) is 20.5. The maximum atomic E-state index is 15.8. The summed E-state index contributed by atoms with van der Waals surface area (Å²) in [7, 11) is -9.40. The zero-order valence-electron chi connectivity index (χ0n) is 47.2. The summed E-state index contributed by atoms with van der Waals surface area (Å²) in [6, 6.07) is 32.8. The van der Waals surface area contributed by atoms with Gasteiger partial charge in [-0.2, -0.15) is 62.3 Å². The summed E-state index contributed by atoms with van der Waals surface area (Å²) in [5.41, 5.74) is -14.1. The highest BCUT2D eigenvalue weighted by Gasteiger charge is 2.76. The van der Waals surface area contributed by atoms with E-state index in [1.807, 2.05) is 0 Å². The van der Waals surface area contributed by atoms with Crippen LogP contribution in [0.1, 0.15) is 33.4 Å². The number of halogens is 12. The van der Waals surface area contributed by atoms with Crippen molar-refractivity contribution >= 4 is 80.9 Å². The van der Waals surface area contributed by atoms with Gasteiger partial charge in [-0.25, -0.2) is 26.8 Å². The highest BCUT2D eigenvalue weighted by Crippen LogP contribution is 2.56. The first-order valence-electron chi connectivity index (χ1n) is 27.5. The molecule has 15 nitrogen and oxygen atoms in total. The van der Waals surface area contributed by atoms with E-state index in [0.717, 1.165) is 65.4 Å². The number of benzene rings is 8. The molecule has 2 aromatic heterocycles. The van der Waals surface area contributed by atoms with E-state index in [0.29, 0.717) is 40.0 Å². The summed E-state index contributed by atoms with van der Waals surface area (Å²) >= 11 is 0. The molecular formula is C64H37F12N8O7S2+. The number of aromatic amines is 1. The van der Waals surface area contributed by atoms with E-state index in [-0.39, 0.29) is 42.5 Å². The Hall–Kier alpha value is -10.4. The number of nitrogens with one attached hydrogen (secondary N) is 1. The Morgan fingerprint density at radius 3 is 1.49 bits per heavy atom. The van der Waals surface area contributed by atoms with Crippen molar-refractivity contribution in [3.8, 4) is 17.3 Å². The van der Waals surface area contributed by atoms with Gasteiger partial charge in [0.05, 0.1) is 46.5 Å². The molecule has 1 N–H and O–H groups in total. The van der Waals surface area contributed by atoms with Gasteiger partial charge in [0, 0.05) is 27.6 Å². The molecule has 29 heteroatoms. The van der Waals surface area contributed by atoms with Gasteiger partial charge in [-0.05, 0) is 83.8 Å². The Morgan fingerprint density at radius 1 is 0.462 bits per heavy atom. The molecule has 0 aliphatic carbocycles. The van der Waals surface area contributed by atoms with Gasteiger partial charge in [-0.3, -0.25) is 0 Å². The molecule has 470 valence electrons. The topological polar surface area (TPSA) is 186 Å². The number of fused-ring (bicyclic) bond motifs is 15. The number of nitrogens with zero attached hydrogens (tertiary/aromatic N) is 7. The summed E-state index contributed by atoms with van der Waals surface area (Å²) in [5, 5.41) is -2.65. The van der Waals surface area contributed by atoms with Crippen LogP contribution in [0, 0.1) is 13.8 Å². The van der Waals surface area contributed by atoms with Crippen LogP contribution < -0.4 is 25.2 Å². The zero-order valence-corrected chi connectivity index (χ0v) is 48.8. The molecule has 10 aromatic rings. The quantitative estimate of drug-likeness (QED) is 0.103. The summed E-state index contributed by atoms with van der Waals surface area (Å²) < 4.78 is 268. The molecule has 0 unspecified atom stereocenters. The minimum atomic E-state index is -6.29. The molecule has 6 bridgehead atoms. The van der Waals surface area contributed by atoms with E-state index >= 15 is 61.1 Å². The predicted octanol–water partition coefficient (Wildman–Crippen LogP) is 13.9. The minimum absolute atomic E-state index is 0.212. The summed E-state index contributed by atoms with van der Waals surface area (Å²) in [5.74, 6) is -5.35. The maximum absolute atomic E-state index is 15.8. The van der Waals surface area contributed by atoms with Crippen LogP contribution in [0.15, 0.2) is 226 Å². The number of alkyl halides is 12. The standard InChI is InChI=1S/C64H36F12N8O7S2/c1-33-25-29-37(30-26-33)92(85,86)45-23-11-18-40-49(45)54-78-51-39-17-9-21-43(89-59(61(65,66)67,62(68,69)70)35-13-5-3-6-14-35)47(39)53(77-51)81-55-42-20-12-24-46(93(87,88)38-31-27-34(2)28-32-38)50(42)58-82-56-41-19-10-22-44(48(41)57(80-52(40)79-54)84(56)91-83(55)58)90-60(63(71,72)73,64(74,75)76)36-15-7-4-8-16-36/h3-32H,1-2H3/p+1. The lowest BCUT2D eigenvalue weighted by Crippen LogP contribution is -2.58. The Kier molecular flexibility index (Phi) is 13.3. The van der Waals surface area contributed by atoms with Gasteiger partial charge in [-0.1, -0.05) is 137 Å². The van der Waals surface area contributed by atoms with Crippen molar-refractivity contribution in [2.24, 2.45) is 20.0 Å². The molecule has 4 aliphatic rings. The lowest BCUT2D eigenvalue weighted by Gasteiger charge is -2.37. The second-order valence-electron chi connectivity index (χ2n) is 21.6. The van der Waals surface area contributed by atoms with Crippen LogP contribution in [0.3, 0.4) is 0 Å². The van der Waals surface area contributed by atoms with Crippen LogP contribution in [0.4, 0.5) is 64.3 Å². The molecule has 93 heavy (non-hydrogen) atoms. The molecule has 0 amide bonds. The number of aromatic nitrogens is 4. The van der Waals surface area contributed by atoms with E-state index in [1.54, 1.807) is 13.8 Å². The molecule has 6 heterocycles. The third-order valence-electron chi connectivity index (χ3n) is 16.0. The minimum Gasteiger partial charge on any atom is -0.463 e. The summed E-state index contributed by atoms with van der Waals surface area (Å²) in [4.78, 5) is 25.0. The average molecular weight is 1320 g/mol. The van der Waals surface area contributed by atoms with Gasteiger partial charge in [-0.15, -0.1) is 4.99 Å². The first-order valence-corrected chi connectivity index (χ1v) is 30.5. The number of sulfone groups is 2. The van der Waals surface area contributed by atoms with Crippen LogP contribution >= 0.6 is 0 Å². The van der Waals surface area contributed by atoms with Gasteiger partial charge in [0.2, 0.25) is 31.0 Å². The van der Waals surface area contributed by atoms with E-state index in [2.05, 4.69) is 9.98 Å². The third kappa shape index (κ3) is 9.00. The molecule has 0 spiro atoms. The Balaban J connectivity index is 1.18. The highest BCUT2D eigenvalue weighted by molar-refractivity contribution is 7.92. The number of aryl methyl sites for hydroxylation is 2. The van der Waals surface area contributed by atoms with Crippen molar-refractivity contribution < 1.29 is 88.4 Å². The van der Waals surface area contributed by atoms with E-state index in [4.69, 9.17) is 34.1 Å². The number of aliphatic imine (C=N–C) groups is 2. The molecular weight excluding hydrogens is 1280 g/mol. The van der Waals surface area contributed by atoms with Crippen molar-refractivity contribution in [1.29, 1.82) is 0 Å². The van der Waals surface area contributed by atoms with E-state index in [1.165, 1.54) is 97.1 Å². The van der Waals surface area contributed by atoms with Crippen LogP contribution in [0.25, 0.3) is 43.8 Å². The number of hydrogen-bond donors (Lipinski definition) is 1. The van der Waals surface area contributed by atoms with Crippen LogP contribution in [0.2, 0.25) is 0 Å². The Morgan fingerprint density at radius 2 is 0.946 bits per heavy atom. The monoisotopic (exact) mass is 1320 g/mol. The molecule has 0 atom stereocenters. The second-order valence-corrected chi connectivity index (χ2v) is 25.5. The smallest absolute Gasteiger partial charge is 0.442 e. The number of H-pyrrole nitrogens is 1.